The average molecular weight is 348 g/mol. The first-order chi connectivity index (χ1) is 11.8. The molecule has 4 fully saturated rings. The summed E-state index contributed by atoms with van der Waals surface area (Å²) in [6.07, 6.45) is 3.74. The van der Waals surface area contributed by atoms with Gasteiger partial charge in [0.15, 0.2) is 6.10 Å². The van der Waals surface area contributed by atoms with Gasteiger partial charge in [0.25, 0.3) is 5.91 Å². The third-order valence-corrected chi connectivity index (χ3v) is 5.99. The lowest BCUT2D eigenvalue weighted by atomic mass is 9.48. The number of carbonyl (C=O) groups is 2. The molecule has 2 N–H and O–H groups in total. The Labute approximate surface area is 146 Å². The maximum atomic E-state index is 12.9. The third-order valence-electron chi connectivity index (χ3n) is 5.99. The van der Waals surface area contributed by atoms with Crippen LogP contribution in [0.3, 0.4) is 0 Å². The molecule has 0 radical (unpaired) electrons. The Balaban J connectivity index is 1.42. The van der Waals surface area contributed by atoms with Gasteiger partial charge < -0.3 is 14.4 Å². The second kappa shape index (κ2) is 5.56. The molecule has 1 amide bonds. The molecule has 0 aromatic carbocycles. The maximum Gasteiger partial charge on any atom is 0.312 e. The van der Waals surface area contributed by atoms with Crippen molar-refractivity contribution in [1.82, 2.24) is 5.16 Å². The van der Waals surface area contributed by atoms with Crippen molar-refractivity contribution in [2.75, 3.05) is 5.32 Å². The van der Waals surface area contributed by atoms with Gasteiger partial charge >= 0.3 is 5.97 Å². The molecule has 4 saturated carbocycles. The number of nitrogens with one attached hydrogen (secondary N) is 1. The normalized spacial score (nSPS) is 36.9. The van der Waals surface area contributed by atoms with Crippen molar-refractivity contribution in [1.29, 1.82) is 0 Å². The minimum atomic E-state index is -0.930. The molecule has 5 rings (SSSR count). The summed E-state index contributed by atoms with van der Waals surface area (Å²) in [5.74, 6) is 0.207. The van der Waals surface area contributed by atoms with Crippen molar-refractivity contribution in [3.63, 3.8) is 0 Å². The number of nitrogens with zero attached hydrogens (tertiary/aromatic N) is 1. The molecular weight excluding hydrogens is 324 g/mol. The summed E-state index contributed by atoms with van der Waals surface area (Å²) in [5, 5.41) is 17.0. The molecule has 4 bridgehead atoms. The first-order valence-electron chi connectivity index (χ1n) is 8.95. The number of aliphatic hydroxyl groups is 1. The van der Waals surface area contributed by atoms with E-state index in [1.165, 1.54) is 0 Å². The molecule has 4 aliphatic carbocycles. The summed E-state index contributed by atoms with van der Waals surface area (Å²) in [4.78, 5) is 25.1. The van der Waals surface area contributed by atoms with Gasteiger partial charge in [-0.15, -0.1) is 0 Å². The predicted octanol–water partition coefficient (Wildman–Crippen LogP) is 2.18. The van der Waals surface area contributed by atoms with Crippen LogP contribution < -0.4 is 5.32 Å². The van der Waals surface area contributed by atoms with E-state index in [1.54, 1.807) is 19.9 Å². The Morgan fingerprint density at radius 2 is 2.04 bits per heavy atom. The van der Waals surface area contributed by atoms with E-state index >= 15 is 0 Å². The maximum absolute atomic E-state index is 12.9. The Kier molecular flexibility index (Phi) is 3.68. The van der Waals surface area contributed by atoms with Gasteiger partial charge in [-0.05, 0) is 64.2 Å². The lowest BCUT2D eigenvalue weighted by Gasteiger charge is -2.58. The van der Waals surface area contributed by atoms with Crippen LogP contribution in [0.15, 0.2) is 10.6 Å². The zero-order valence-corrected chi connectivity index (χ0v) is 14.6. The summed E-state index contributed by atoms with van der Waals surface area (Å²) in [6, 6.07) is 1.60. The Morgan fingerprint density at radius 3 is 2.60 bits per heavy atom. The van der Waals surface area contributed by atoms with Crippen LogP contribution in [-0.4, -0.2) is 33.8 Å². The third kappa shape index (κ3) is 2.94. The molecule has 136 valence electrons. The highest BCUT2D eigenvalue weighted by Gasteiger charge is 2.61. The lowest BCUT2D eigenvalue weighted by molar-refractivity contribution is -0.199. The summed E-state index contributed by atoms with van der Waals surface area (Å²) in [7, 11) is 0. The molecule has 7 heteroatoms. The summed E-state index contributed by atoms with van der Waals surface area (Å²) in [5.41, 5.74) is -0.705. The highest BCUT2D eigenvalue weighted by atomic mass is 16.5. The Bertz CT molecular complexity index is 698. The number of esters is 1. The second-order valence-electron chi connectivity index (χ2n) is 8.34. The molecule has 1 heterocycles. The van der Waals surface area contributed by atoms with Crippen LogP contribution in [0.2, 0.25) is 0 Å². The van der Waals surface area contributed by atoms with Crippen LogP contribution in [0.1, 0.15) is 51.1 Å². The van der Waals surface area contributed by atoms with Crippen molar-refractivity contribution >= 4 is 17.8 Å². The van der Waals surface area contributed by atoms with E-state index in [0.29, 0.717) is 24.0 Å². The molecule has 3 unspecified atom stereocenters. The fourth-order valence-corrected chi connectivity index (χ4v) is 5.44. The molecular formula is C18H24N2O5. The minimum absolute atomic E-state index is 0.231. The van der Waals surface area contributed by atoms with Gasteiger partial charge in [0, 0.05) is 6.07 Å². The summed E-state index contributed by atoms with van der Waals surface area (Å²) in [6.45, 7) is 3.30. The number of amides is 1. The number of hydrogen-bond acceptors (Lipinski definition) is 6. The molecule has 0 aliphatic heterocycles. The van der Waals surface area contributed by atoms with Crippen molar-refractivity contribution in [3.05, 3.63) is 11.8 Å². The van der Waals surface area contributed by atoms with Crippen LogP contribution in [0.5, 0.6) is 0 Å². The summed E-state index contributed by atoms with van der Waals surface area (Å²) >= 11 is 0. The van der Waals surface area contributed by atoms with Crippen molar-refractivity contribution in [2.45, 2.75) is 64.1 Å². The SMILES string of the molecule is Cc1cc(NC(=O)C(C)OC(=O)C23CC4CC(CC(O)(C4)C2)C3)on1. The van der Waals surface area contributed by atoms with Gasteiger partial charge in [-0.25, -0.2) is 0 Å². The number of carbonyl (C=O) groups excluding carboxylic acids is 2. The van der Waals surface area contributed by atoms with E-state index in [1.807, 2.05) is 0 Å². The second-order valence-corrected chi connectivity index (χ2v) is 8.34. The standard InChI is InChI=1S/C18H24N2O5/c1-10-3-14(25-20-10)19-15(21)11(2)24-16(22)17-5-12-4-13(6-17)8-18(23,7-12)9-17/h3,11-13,23H,4-9H2,1-2H3,(H,19,21). The molecule has 1 aromatic rings. The van der Waals surface area contributed by atoms with Gasteiger partial charge in [-0.3, -0.25) is 14.9 Å². The average Bonchev–Trinajstić information content (AvgIpc) is 2.89. The van der Waals surface area contributed by atoms with Crippen molar-refractivity contribution in [3.8, 4) is 0 Å². The number of rotatable bonds is 4. The highest BCUT2D eigenvalue weighted by Crippen LogP contribution is 2.62. The fraction of sp³-hybridized carbons (Fsp3) is 0.722. The minimum Gasteiger partial charge on any atom is -0.452 e. The van der Waals surface area contributed by atoms with E-state index in [2.05, 4.69) is 10.5 Å². The highest BCUT2D eigenvalue weighted by molar-refractivity contribution is 5.94. The quantitative estimate of drug-likeness (QED) is 0.809. The summed E-state index contributed by atoms with van der Waals surface area (Å²) < 4.78 is 10.4. The van der Waals surface area contributed by atoms with E-state index in [9.17, 15) is 14.7 Å². The predicted molar refractivity (Wildman–Crippen MR) is 87.5 cm³/mol. The molecule has 25 heavy (non-hydrogen) atoms. The van der Waals surface area contributed by atoms with Gasteiger partial charge in [-0.2, -0.15) is 0 Å². The van der Waals surface area contributed by atoms with Gasteiger partial charge in [0.1, 0.15) is 0 Å². The number of hydrogen-bond donors (Lipinski definition) is 2. The zero-order chi connectivity index (χ0) is 17.8. The Hall–Kier alpha value is -1.89. The van der Waals surface area contributed by atoms with Crippen LogP contribution >= 0.6 is 0 Å². The van der Waals surface area contributed by atoms with E-state index < -0.39 is 23.0 Å². The molecule has 4 aliphatic rings. The molecule has 7 nitrogen and oxygen atoms in total. The van der Waals surface area contributed by atoms with Crippen LogP contribution in [-0.2, 0) is 14.3 Å². The number of ether oxygens (including phenoxy) is 1. The molecule has 0 spiro atoms. The van der Waals surface area contributed by atoms with Crippen LogP contribution in [0.4, 0.5) is 5.88 Å². The monoisotopic (exact) mass is 348 g/mol. The lowest BCUT2D eigenvalue weighted by Crippen LogP contribution is -2.59. The Morgan fingerprint density at radius 1 is 1.36 bits per heavy atom. The van der Waals surface area contributed by atoms with Crippen LogP contribution in [0.25, 0.3) is 0 Å². The number of anilines is 1. The first-order valence-corrected chi connectivity index (χ1v) is 8.95. The van der Waals surface area contributed by atoms with Gasteiger partial charge in [-0.1, -0.05) is 5.16 Å². The van der Waals surface area contributed by atoms with Crippen LogP contribution in [0, 0.1) is 24.2 Å². The van der Waals surface area contributed by atoms with Crippen molar-refractivity contribution < 1.29 is 24.0 Å². The molecule has 1 aromatic heterocycles. The molecule has 3 atom stereocenters. The first kappa shape index (κ1) is 16.6. The number of aryl methyl sites for hydroxylation is 1. The van der Waals surface area contributed by atoms with E-state index in [-0.39, 0.29) is 11.9 Å². The zero-order valence-electron chi connectivity index (χ0n) is 14.6. The largest absolute Gasteiger partial charge is 0.452 e. The fourth-order valence-electron chi connectivity index (χ4n) is 5.44. The topological polar surface area (TPSA) is 102 Å². The van der Waals surface area contributed by atoms with Gasteiger partial charge in [0.2, 0.25) is 5.88 Å². The van der Waals surface area contributed by atoms with E-state index in [4.69, 9.17) is 9.26 Å². The molecule has 0 saturated heterocycles. The van der Waals surface area contributed by atoms with Crippen molar-refractivity contribution in [2.24, 2.45) is 17.3 Å². The number of aromatic nitrogens is 1. The van der Waals surface area contributed by atoms with Gasteiger partial charge in [0.05, 0.1) is 16.7 Å². The smallest absolute Gasteiger partial charge is 0.312 e. The van der Waals surface area contributed by atoms with E-state index in [0.717, 1.165) is 32.1 Å².